The van der Waals surface area contributed by atoms with Crippen LogP contribution in [0.1, 0.15) is 19.3 Å². The second-order valence-corrected chi connectivity index (χ2v) is 5.49. The van der Waals surface area contributed by atoms with Crippen LogP contribution in [0.25, 0.3) is 0 Å². The highest BCUT2D eigenvalue weighted by atomic mass is 14.7. The van der Waals surface area contributed by atoms with Crippen LogP contribution in [0.15, 0.2) is 70.6 Å². The number of benzene rings is 2. The quantitative estimate of drug-likeness (QED) is 0.685. The van der Waals surface area contributed by atoms with Gasteiger partial charge in [-0.1, -0.05) is 42.8 Å². The Morgan fingerprint density at radius 1 is 0.667 bits per heavy atom. The normalized spacial score (nSPS) is 22.3. The zero-order chi connectivity index (χ0) is 14.3. The SMILES string of the molecule is C(=Nc1ccccc1)C1CCCC1C=Nc1ccccc1. The van der Waals surface area contributed by atoms with Crippen LogP contribution in [0, 0.1) is 11.8 Å². The standard InChI is InChI=1S/C19H20N2/c1-3-10-18(11-4-1)20-14-16-8-7-9-17(16)15-21-19-12-5-2-6-13-19/h1-6,10-17H,7-9H2. The molecule has 21 heavy (non-hydrogen) atoms. The molecule has 106 valence electrons. The van der Waals surface area contributed by atoms with Crippen molar-refractivity contribution in [1.82, 2.24) is 0 Å². The summed E-state index contributed by atoms with van der Waals surface area (Å²) in [6.07, 6.45) is 7.91. The van der Waals surface area contributed by atoms with Crippen molar-refractivity contribution in [3.05, 3.63) is 60.7 Å². The highest BCUT2D eigenvalue weighted by Gasteiger charge is 2.24. The van der Waals surface area contributed by atoms with Gasteiger partial charge in [0.1, 0.15) is 0 Å². The molecule has 3 rings (SSSR count). The van der Waals surface area contributed by atoms with E-state index in [0.29, 0.717) is 11.8 Å². The maximum absolute atomic E-state index is 4.61. The van der Waals surface area contributed by atoms with E-state index >= 15 is 0 Å². The smallest absolute Gasteiger partial charge is 0.0625 e. The molecular weight excluding hydrogens is 256 g/mol. The summed E-state index contributed by atoms with van der Waals surface area (Å²) in [6, 6.07) is 20.3. The largest absolute Gasteiger partial charge is 0.261 e. The third kappa shape index (κ3) is 3.88. The molecule has 0 radical (unpaired) electrons. The molecule has 2 heteroatoms. The molecule has 0 aromatic heterocycles. The minimum absolute atomic E-state index is 0.512. The Bertz CT molecular complexity index is 546. The van der Waals surface area contributed by atoms with E-state index in [2.05, 4.69) is 22.4 Å². The van der Waals surface area contributed by atoms with Crippen LogP contribution in [0.3, 0.4) is 0 Å². The second-order valence-electron chi connectivity index (χ2n) is 5.49. The van der Waals surface area contributed by atoms with Gasteiger partial charge in [-0.3, -0.25) is 9.98 Å². The van der Waals surface area contributed by atoms with Crippen molar-refractivity contribution in [2.24, 2.45) is 21.8 Å². The summed E-state index contributed by atoms with van der Waals surface area (Å²) in [6.45, 7) is 0. The fraction of sp³-hybridized carbons (Fsp3) is 0.263. The van der Waals surface area contributed by atoms with Crippen LogP contribution in [-0.4, -0.2) is 12.4 Å². The molecule has 0 aliphatic heterocycles. The van der Waals surface area contributed by atoms with Crippen LogP contribution in [-0.2, 0) is 0 Å². The summed E-state index contributed by atoms with van der Waals surface area (Å²) in [5.74, 6) is 1.02. The van der Waals surface area contributed by atoms with Gasteiger partial charge in [0.15, 0.2) is 0 Å². The fourth-order valence-electron chi connectivity index (χ4n) is 2.78. The molecular formula is C19H20N2. The predicted octanol–water partition coefficient (Wildman–Crippen LogP) is 5.21. The first kappa shape index (κ1) is 13.7. The molecule has 2 unspecified atom stereocenters. The molecule has 1 saturated carbocycles. The Hall–Kier alpha value is -2.22. The van der Waals surface area contributed by atoms with E-state index < -0.39 is 0 Å². The first-order valence-corrected chi connectivity index (χ1v) is 7.60. The molecule has 0 spiro atoms. The van der Waals surface area contributed by atoms with E-state index in [9.17, 15) is 0 Å². The average molecular weight is 276 g/mol. The van der Waals surface area contributed by atoms with Gasteiger partial charge in [0.25, 0.3) is 0 Å². The summed E-state index contributed by atoms with van der Waals surface area (Å²) >= 11 is 0. The van der Waals surface area contributed by atoms with Crippen LogP contribution >= 0.6 is 0 Å². The third-order valence-corrected chi connectivity index (χ3v) is 3.97. The lowest BCUT2D eigenvalue weighted by atomic mass is 9.98. The Morgan fingerprint density at radius 2 is 1.10 bits per heavy atom. The predicted molar refractivity (Wildman–Crippen MR) is 90.0 cm³/mol. The van der Waals surface area contributed by atoms with Crippen LogP contribution < -0.4 is 0 Å². The topological polar surface area (TPSA) is 24.7 Å². The van der Waals surface area contributed by atoms with Gasteiger partial charge in [-0.2, -0.15) is 0 Å². The van der Waals surface area contributed by atoms with Gasteiger partial charge >= 0.3 is 0 Å². The Kier molecular flexibility index (Phi) is 4.57. The van der Waals surface area contributed by atoms with Gasteiger partial charge in [0.05, 0.1) is 11.4 Å². The van der Waals surface area contributed by atoms with Gasteiger partial charge < -0.3 is 0 Å². The first-order chi connectivity index (χ1) is 10.4. The summed E-state index contributed by atoms with van der Waals surface area (Å²) in [5, 5.41) is 0. The van der Waals surface area contributed by atoms with Crippen molar-refractivity contribution >= 4 is 23.8 Å². The highest BCUT2D eigenvalue weighted by Crippen LogP contribution is 2.30. The van der Waals surface area contributed by atoms with Crippen LogP contribution in [0.2, 0.25) is 0 Å². The molecule has 1 fully saturated rings. The lowest BCUT2D eigenvalue weighted by molar-refractivity contribution is 0.646. The van der Waals surface area contributed by atoms with Crippen molar-refractivity contribution in [1.29, 1.82) is 0 Å². The van der Waals surface area contributed by atoms with E-state index in [-0.39, 0.29) is 0 Å². The van der Waals surface area contributed by atoms with Gasteiger partial charge in [-0.05, 0) is 37.1 Å². The summed E-state index contributed by atoms with van der Waals surface area (Å²) in [4.78, 5) is 9.21. The molecule has 2 aromatic carbocycles. The van der Waals surface area contributed by atoms with E-state index in [1.807, 2.05) is 60.7 Å². The molecule has 1 aliphatic rings. The molecule has 2 atom stereocenters. The first-order valence-electron chi connectivity index (χ1n) is 7.60. The van der Waals surface area contributed by atoms with Gasteiger partial charge in [-0.15, -0.1) is 0 Å². The Balaban J connectivity index is 1.66. The van der Waals surface area contributed by atoms with Crippen LogP contribution in [0.4, 0.5) is 11.4 Å². The molecule has 0 amide bonds. The number of rotatable bonds is 4. The lowest BCUT2D eigenvalue weighted by Crippen LogP contribution is -2.10. The second kappa shape index (κ2) is 6.98. The molecule has 0 N–H and O–H groups in total. The maximum atomic E-state index is 4.61. The third-order valence-electron chi connectivity index (χ3n) is 3.97. The molecule has 2 aromatic rings. The van der Waals surface area contributed by atoms with Crippen molar-refractivity contribution < 1.29 is 0 Å². The maximum Gasteiger partial charge on any atom is 0.0625 e. The van der Waals surface area contributed by atoms with E-state index in [1.165, 1.54) is 19.3 Å². The van der Waals surface area contributed by atoms with E-state index in [0.717, 1.165) is 11.4 Å². The van der Waals surface area contributed by atoms with Gasteiger partial charge in [-0.25, -0.2) is 0 Å². The number of hydrogen-bond donors (Lipinski definition) is 0. The Labute approximate surface area is 126 Å². The number of aliphatic imine (C=N–C) groups is 2. The number of para-hydroxylation sites is 2. The molecule has 0 saturated heterocycles. The van der Waals surface area contributed by atoms with Gasteiger partial charge in [0.2, 0.25) is 0 Å². The fourth-order valence-corrected chi connectivity index (χ4v) is 2.78. The zero-order valence-electron chi connectivity index (χ0n) is 12.1. The summed E-state index contributed by atoms with van der Waals surface area (Å²) < 4.78 is 0. The van der Waals surface area contributed by atoms with Crippen molar-refractivity contribution in [2.75, 3.05) is 0 Å². The molecule has 0 bridgehead atoms. The van der Waals surface area contributed by atoms with Crippen molar-refractivity contribution in [2.45, 2.75) is 19.3 Å². The minimum Gasteiger partial charge on any atom is -0.261 e. The zero-order valence-corrected chi connectivity index (χ0v) is 12.1. The average Bonchev–Trinajstić information content (AvgIpc) is 3.00. The van der Waals surface area contributed by atoms with E-state index in [1.54, 1.807) is 0 Å². The van der Waals surface area contributed by atoms with Crippen molar-refractivity contribution in [3.8, 4) is 0 Å². The van der Waals surface area contributed by atoms with Gasteiger partial charge in [0, 0.05) is 24.3 Å². The van der Waals surface area contributed by atoms with Crippen molar-refractivity contribution in [3.63, 3.8) is 0 Å². The number of hydrogen-bond acceptors (Lipinski definition) is 2. The minimum atomic E-state index is 0.512. The summed E-state index contributed by atoms with van der Waals surface area (Å²) in [5.41, 5.74) is 2.06. The Morgan fingerprint density at radius 3 is 1.52 bits per heavy atom. The summed E-state index contributed by atoms with van der Waals surface area (Å²) in [7, 11) is 0. The lowest BCUT2D eigenvalue weighted by Gasteiger charge is -2.09. The highest BCUT2D eigenvalue weighted by molar-refractivity contribution is 5.75. The molecule has 2 nitrogen and oxygen atoms in total. The monoisotopic (exact) mass is 276 g/mol. The van der Waals surface area contributed by atoms with Crippen LogP contribution in [0.5, 0.6) is 0 Å². The number of nitrogens with zero attached hydrogens (tertiary/aromatic N) is 2. The molecule has 0 heterocycles. The molecule has 1 aliphatic carbocycles. The van der Waals surface area contributed by atoms with E-state index in [4.69, 9.17) is 0 Å².